The molecule has 3 heterocycles. The monoisotopic (exact) mass is 440 g/mol. The number of rotatable bonds is 3. The van der Waals surface area contributed by atoms with Crippen LogP contribution < -0.4 is 0 Å². The molecule has 1 atom stereocenters. The quantitative estimate of drug-likeness (QED) is 0.400. The highest BCUT2D eigenvalue weighted by molar-refractivity contribution is 6.09. The molecular weight excluding hydrogens is 419 g/mol. The number of benzene rings is 3. The summed E-state index contributed by atoms with van der Waals surface area (Å²) in [5.41, 5.74) is 2.09. The van der Waals surface area contributed by atoms with Gasteiger partial charge in [0.2, 0.25) is 11.7 Å². The highest BCUT2D eigenvalue weighted by atomic mass is 19.1. The van der Waals surface area contributed by atoms with Crippen molar-refractivity contribution in [2.75, 3.05) is 13.1 Å². The summed E-state index contributed by atoms with van der Waals surface area (Å²) in [6.45, 7) is 1.18. The molecule has 1 saturated heterocycles. The fourth-order valence-corrected chi connectivity index (χ4v) is 4.68. The Balaban J connectivity index is 1.25. The van der Waals surface area contributed by atoms with E-state index in [1.165, 1.54) is 12.1 Å². The zero-order valence-electron chi connectivity index (χ0n) is 17.8. The SMILES string of the molecule is O=C(c1cc2c(ccc3ccccc32)[nH]1)N1CCCC(c2nc(-c3cccc(F)c3)no2)C1. The lowest BCUT2D eigenvalue weighted by Crippen LogP contribution is -2.39. The smallest absolute Gasteiger partial charge is 0.270 e. The van der Waals surface area contributed by atoms with E-state index in [1.54, 1.807) is 12.1 Å². The molecule has 7 heteroatoms. The summed E-state index contributed by atoms with van der Waals surface area (Å²) < 4.78 is 19.0. The van der Waals surface area contributed by atoms with Crippen LogP contribution in [0, 0.1) is 5.82 Å². The summed E-state index contributed by atoms with van der Waals surface area (Å²) in [5.74, 6) is 0.400. The third kappa shape index (κ3) is 3.55. The van der Waals surface area contributed by atoms with E-state index in [4.69, 9.17) is 4.52 Å². The molecule has 0 spiro atoms. The van der Waals surface area contributed by atoms with Gasteiger partial charge in [-0.05, 0) is 47.9 Å². The molecule has 3 aromatic carbocycles. The van der Waals surface area contributed by atoms with E-state index in [2.05, 4.69) is 33.3 Å². The van der Waals surface area contributed by atoms with Gasteiger partial charge in [-0.15, -0.1) is 0 Å². The summed E-state index contributed by atoms with van der Waals surface area (Å²) in [7, 11) is 0. The Morgan fingerprint density at radius 2 is 1.97 bits per heavy atom. The number of aromatic amines is 1. The second kappa shape index (κ2) is 7.85. The predicted molar refractivity (Wildman–Crippen MR) is 123 cm³/mol. The second-order valence-electron chi connectivity index (χ2n) is 8.49. The van der Waals surface area contributed by atoms with Crippen molar-refractivity contribution in [3.05, 3.63) is 84.1 Å². The molecule has 1 aliphatic rings. The van der Waals surface area contributed by atoms with Gasteiger partial charge < -0.3 is 14.4 Å². The van der Waals surface area contributed by atoms with Crippen LogP contribution in [0.3, 0.4) is 0 Å². The maximum Gasteiger partial charge on any atom is 0.270 e. The average molecular weight is 440 g/mol. The Kier molecular flexibility index (Phi) is 4.68. The topological polar surface area (TPSA) is 75.0 Å². The van der Waals surface area contributed by atoms with Crippen LogP contribution in [0.4, 0.5) is 4.39 Å². The van der Waals surface area contributed by atoms with Crippen molar-refractivity contribution >= 4 is 27.6 Å². The molecule has 0 saturated carbocycles. The van der Waals surface area contributed by atoms with Crippen LogP contribution in [0.25, 0.3) is 33.1 Å². The number of fused-ring (bicyclic) bond motifs is 3. The second-order valence-corrected chi connectivity index (χ2v) is 8.49. The third-order valence-corrected chi connectivity index (χ3v) is 6.34. The average Bonchev–Trinajstić information content (AvgIpc) is 3.52. The van der Waals surface area contributed by atoms with Crippen molar-refractivity contribution in [1.82, 2.24) is 20.0 Å². The van der Waals surface area contributed by atoms with E-state index in [0.717, 1.165) is 34.5 Å². The fourth-order valence-electron chi connectivity index (χ4n) is 4.68. The molecule has 1 amide bonds. The van der Waals surface area contributed by atoms with Gasteiger partial charge in [0, 0.05) is 29.6 Å². The molecule has 1 fully saturated rings. The minimum atomic E-state index is -0.348. The summed E-state index contributed by atoms with van der Waals surface area (Å²) in [6, 6.07) is 20.3. The molecule has 1 unspecified atom stereocenters. The van der Waals surface area contributed by atoms with Crippen molar-refractivity contribution < 1.29 is 13.7 Å². The summed E-state index contributed by atoms with van der Waals surface area (Å²) in [6.07, 6.45) is 1.70. The van der Waals surface area contributed by atoms with Crippen molar-refractivity contribution in [3.63, 3.8) is 0 Å². The van der Waals surface area contributed by atoms with E-state index in [9.17, 15) is 9.18 Å². The van der Waals surface area contributed by atoms with Crippen molar-refractivity contribution in [2.45, 2.75) is 18.8 Å². The molecule has 5 aromatic rings. The van der Waals surface area contributed by atoms with Crippen molar-refractivity contribution in [2.24, 2.45) is 0 Å². The fraction of sp³-hybridized carbons (Fsp3) is 0.192. The van der Waals surface area contributed by atoms with Gasteiger partial charge in [0.15, 0.2) is 0 Å². The van der Waals surface area contributed by atoms with Crippen LogP contribution in [-0.4, -0.2) is 39.0 Å². The van der Waals surface area contributed by atoms with Crippen LogP contribution in [0.2, 0.25) is 0 Å². The normalized spacial score (nSPS) is 16.5. The minimum absolute atomic E-state index is 0.0372. The van der Waals surface area contributed by atoms with Gasteiger partial charge in [-0.25, -0.2) is 4.39 Å². The maximum atomic E-state index is 13.5. The van der Waals surface area contributed by atoms with E-state index in [1.807, 2.05) is 29.2 Å². The third-order valence-electron chi connectivity index (χ3n) is 6.34. The molecule has 1 aliphatic heterocycles. The van der Waals surface area contributed by atoms with Gasteiger partial charge >= 0.3 is 0 Å². The summed E-state index contributed by atoms with van der Waals surface area (Å²) in [4.78, 5) is 23.0. The van der Waals surface area contributed by atoms with Crippen LogP contribution >= 0.6 is 0 Å². The number of carbonyl (C=O) groups excluding carboxylic acids is 1. The van der Waals surface area contributed by atoms with Crippen LogP contribution in [0.1, 0.15) is 35.1 Å². The lowest BCUT2D eigenvalue weighted by atomic mass is 9.97. The number of hydrogen-bond acceptors (Lipinski definition) is 4. The van der Waals surface area contributed by atoms with Gasteiger partial charge in [0.05, 0.1) is 5.92 Å². The maximum absolute atomic E-state index is 13.5. The molecule has 6 rings (SSSR count). The molecule has 164 valence electrons. The van der Waals surface area contributed by atoms with Gasteiger partial charge in [0.25, 0.3) is 5.91 Å². The zero-order chi connectivity index (χ0) is 22.4. The number of piperidine rings is 1. The lowest BCUT2D eigenvalue weighted by molar-refractivity contribution is 0.0690. The first-order valence-electron chi connectivity index (χ1n) is 11.0. The molecule has 6 nitrogen and oxygen atoms in total. The van der Waals surface area contributed by atoms with Crippen LogP contribution in [-0.2, 0) is 0 Å². The predicted octanol–water partition coefficient (Wildman–Crippen LogP) is 5.53. The number of carbonyl (C=O) groups is 1. The summed E-state index contributed by atoms with van der Waals surface area (Å²) in [5, 5.41) is 7.34. The number of hydrogen-bond donors (Lipinski definition) is 1. The zero-order valence-corrected chi connectivity index (χ0v) is 17.8. The molecular formula is C26H21FN4O2. The molecule has 2 aromatic heterocycles. The minimum Gasteiger partial charge on any atom is -0.351 e. The first-order chi connectivity index (χ1) is 16.2. The highest BCUT2D eigenvalue weighted by Gasteiger charge is 2.30. The van der Waals surface area contributed by atoms with Crippen LogP contribution in [0.15, 0.2) is 71.3 Å². The van der Waals surface area contributed by atoms with E-state index < -0.39 is 0 Å². The number of H-pyrrole nitrogens is 1. The number of nitrogens with one attached hydrogen (secondary N) is 1. The van der Waals surface area contributed by atoms with Crippen molar-refractivity contribution in [3.8, 4) is 11.4 Å². The number of halogens is 1. The van der Waals surface area contributed by atoms with Gasteiger partial charge in [-0.3, -0.25) is 4.79 Å². The highest BCUT2D eigenvalue weighted by Crippen LogP contribution is 2.30. The Morgan fingerprint density at radius 1 is 1.06 bits per heavy atom. The first-order valence-corrected chi connectivity index (χ1v) is 11.0. The Morgan fingerprint density at radius 3 is 2.88 bits per heavy atom. The molecule has 1 N–H and O–H groups in total. The molecule has 0 aliphatic carbocycles. The van der Waals surface area contributed by atoms with Crippen molar-refractivity contribution in [1.29, 1.82) is 0 Å². The number of nitrogens with zero attached hydrogens (tertiary/aromatic N) is 3. The van der Waals surface area contributed by atoms with Gasteiger partial charge in [-0.1, -0.05) is 47.6 Å². The Bertz CT molecular complexity index is 1490. The first kappa shape index (κ1) is 19.7. The molecule has 0 bridgehead atoms. The molecule has 0 radical (unpaired) electrons. The van der Waals surface area contributed by atoms with E-state index >= 15 is 0 Å². The standard InChI is InChI=1S/C26H21FN4O2/c27-19-8-3-6-17(13-19)24-29-25(33-30-24)18-7-4-12-31(15-18)26(32)23-14-21-20-9-2-1-5-16(20)10-11-22(21)28-23/h1-3,5-6,8-11,13-14,18,28H,4,7,12,15H2. The number of likely N-dealkylation sites (tertiary alicyclic amines) is 1. The van der Waals surface area contributed by atoms with Crippen LogP contribution in [0.5, 0.6) is 0 Å². The number of amides is 1. The van der Waals surface area contributed by atoms with E-state index in [0.29, 0.717) is 36.1 Å². The Hall–Kier alpha value is -4.00. The lowest BCUT2D eigenvalue weighted by Gasteiger charge is -2.30. The number of aromatic nitrogens is 3. The molecule has 33 heavy (non-hydrogen) atoms. The van der Waals surface area contributed by atoms with Gasteiger partial charge in [-0.2, -0.15) is 4.98 Å². The largest absolute Gasteiger partial charge is 0.351 e. The Labute approximate surface area is 189 Å². The van der Waals surface area contributed by atoms with E-state index in [-0.39, 0.29) is 17.6 Å². The summed E-state index contributed by atoms with van der Waals surface area (Å²) >= 11 is 0. The van der Waals surface area contributed by atoms with Gasteiger partial charge in [0.1, 0.15) is 11.5 Å².